The van der Waals surface area contributed by atoms with E-state index in [1.54, 1.807) is 0 Å². The summed E-state index contributed by atoms with van der Waals surface area (Å²) in [5.74, 6) is -3.20. The first-order chi connectivity index (χ1) is 11.4. The lowest BCUT2D eigenvalue weighted by atomic mass is 10.0. The minimum Gasteiger partial charge on any atom is -0.374 e. The summed E-state index contributed by atoms with van der Waals surface area (Å²) in [7, 11) is -12.7. The van der Waals surface area contributed by atoms with Gasteiger partial charge in [0.05, 0.1) is 0 Å². The highest BCUT2D eigenvalue weighted by Gasteiger charge is 2.51. The van der Waals surface area contributed by atoms with E-state index in [0.717, 1.165) is 6.07 Å². The Bertz CT molecular complexity index is 980. The molecule has 0 saturated heterocycles. The zero-order valence-corrected chi connectivity index (χ0v) is 13.2. The van der Waals surface area contributed by atoms with Crippen LogP contribution in [0.2, 0.25) is 0 Å². The molecule has 0 aliphatic heterocycles. The molecular weight excluding hydrogens is 424 g/mol. The molecule has 0 amide bonds. The van der Waals surface area contributed by atoms with Crippen molar-refractivity contribution in [3.8, 4) is 6.07 Å². The van der Waals surface area contributed by atoms with E-state index in [9.17, 15) is 43.2 Å². The van der Waals surface area contributed by atoms with Crippen molar-refractivity contribution >= 4 is 31.7 Å². The average molecular weight is 427 g/mol. The SMILES string of the molecule is N#CC1=C(OS(=O)(=O)C(F)(F)F)C(=N)C(=N)C(OS(=O)(=O)C(F)(F)F)=C1. The van der Waals surface area contributed by atoms with Crippen molar-refractivity contribution in [1.82, 2.24) is 0 Å². The number of hydrogen-bond donors (Lipinski definition) is 2. The van der Waals surface area contributed by atoms with Crippen LogP contribution >= 0.6 is 0 Å². The molecular formula is C9H3F6N3O6S2. The number of rotatable bonds is 4. The predicted octanol–water partition coefficient (Wildman–Crippen LogP) is 1.43. The lowest BCUT2D eigenvalue weighted by molar-refractivity contribution is -0.0524. The van der Waals surface area contributed by atoms with Gasteiger partial charge in [0.15, 0.2) is 11.5 Å². The Labute approximate surface area is 140 Å². The van der Waals surface area contributed by atoms with Crippen molar-refractivity contribution < 1.29 is 51.5 Å². The smallest absolute Gasteiger partial charge is 0.374 e. The molecule has 0 aromatic rings. The van der Waals surface area contributed by atoms with E-state index in [1.807, 2.05) is 0 Å². The van der Waals surface area contributed by atoms with Gasteiger partial charge in [0.25, 0.3) is 0 Å². The van der Waals surface area contributed by atoms with Crippen molar-refractivity contribution in [2.75, 3.05) is 0 Å². The van der Waals surface area contributed by atoms with E-state index < -0.39 is 59.8 Å². The number of hydrogen-bond acceptors (Lipinski definition) is 9. The fraction of sp³-hybridized carbons (Fsp3) is 0.222. The minimum atomic E-state index is -6.39. The third kappa shape index (κ3) is 3.96. The average Bonchev–Trinajstić information content (AvgIpc) is 2.44. The van der Waals surface area contributed by atoms with Gasteiger partial charge in [0.2, 0.25) is 0 Å². The first-order valence-electron chi connectivity index (χ1n) is 5.50. The molecule has 2 N–H and O–H groups in total. The Hall–Kier alpha value is -2.61. The molecule has 1 aliphatic rings. The van der Waals surface area contributed by atoms with E-state index in [-0.39, 0.29) is 6.08 Å². The molecule has 1 aliphatic carbocycles. The fourth-order valence-electron chi connectivity index (χ4n) is 1.20. The Balaban J connectivity index is 3.47. The Kier molecular flexibility index (Phi) is 5.18. The largest absolute Gasteiger partial charge is 0.534 e. The summed E-state index contributed by atoms with van der Waals surface area (Å²) < 4.78 is 124. The van der Waals surface area contributed by atoms with Gasteiger partial charge < -0.3 is 8.37 Å². The highest BCUT2D eigenvalue weighted by atomic mass is 32.2. The van der Waals surface area contributed by atoms with Crippen LogP contribution in [0, 0.1) is 22.1 Å². The molecule has 0 saturated carbocycles. The van der Waals surface area contributed by atoms with E-state index in [0.29, 0.717) is 0 Å². The minimum absolute atomic E-state index is 0.00485. The van der Waals surface area contributed by atoms with Crippen molar-refractivity contribution in [1.29, 1.82) is 16.1 Å². The second kappa shape index (κ2) is 6.28. The monoisotopic (exact) mass is 427 g/mol. The van der Waals surface area contributed by atoms with Gasteiger partial charge >= 0.3 is 31.3 Å². The molecule has 0 aromatic heterocycles. The maximum absolute atomic E-state index is 12.3. The summed E-state index contributed by atoms with van der Waals surface area (Å²) in [4.78, 5) is 0. The summed E-state index contributed by atoms with van der Waals surface area (Å²) in [6.45, 7) is 0. The number of allylic oxidation sites excluding steroid dienone is 4. The molecule has 0 spiro atoms. The van der Waals surface area contributed by atoms with Gasteiger partial charge in [-0.3, -0.25) is 10.8 Å². The first kappa shape index (κ1) is 21.4. The molecule has 0 heterocycles. The summed E-state index contributed by atoms with van der Waals surface area (Å²) in [6.07, 6.45) is 0.00485. The molecule has 0 radical (unpaired) electrons. The number of nitriles is 1. The normalized spacial score (nSPS) is 16.9. The van der Waals surface area contributed by atoms with Gasteiger partial charge in [0.1, 0.15) is 23.1 Å². The number of nitrogens with one attached hydrogen (secondary N) is 2. The van der Waals surface area contributed by atoms with E-state index in [2.05, 4.69) is 8.37 Å². The van der Waals surface area contributed by atoms with Gasteiger partial charge in [-0.15, -0.1) is 0 Å². The first-order valence-corrected chi connectivity index (χ1v) is 8.32. The van der Waals surface area contributed by atoms with Gasteiger partial charge in [-0.25, -0.2) is 0 Å². The van der Waals surface area contributed by atoms with Crippen LogP contribution in [-0.2, 0) is 28.6 Å². The zero-order valence-electron chi connectivity index (χ0n) is 11.6. The van der Waals surface area contributed by atoms with Crippen LogP contribution in [0.3, 0.4) is 0 Å². The van der Waals surface area contributed by atoms with Crippen molar-refractivity contribution in [3.63, 3.8) is 0 Å². The van der Waals surface area contributed by atoms with Crippen LogP contribution in [-0.4, -0.2) is 39.3 Å². The molecule has 0 atom stereocenters. The predicted molar refractivity (Wildman–Crippen MR) is 68.3 cm³/mol. The third-order valence-electron chi connectivity index (χ3n) is 2.32. The van der Waals surface area contributed by atoms with Crippen LogP contribution < -0.4 is 0 Å². The van der Waals surface area contributed by atoms with Crippen molar-refractivity contribution in [2.45, 2.75) is 11.0 Å². The molecule has 0 bridgehead atoms. The fourth-order valence-corrected chi connectivity index (χ4v) is 2.15. The highest BCUT2D eigenvalue weighted by molar-refractivity contribution is 7.88. The summed E-state index contributed by atoms with van der Waals surface area (Å²) in [6, 6.07) is 0.986. The van der Waals surface area contributed by atoms with Crippen LogP contribution in [0.4, 0.5) is 26.3 Å². The Morgan fingerprint density at radius 3 is 1.69 bits per heavy atom. The second-order valence-corrected chi connectivity index (χ2v) is 7.16. The topological polar surface area (TPSA) is 158 Å². The second-order valence-electron chi connectivity index (χ2n) is 4.08. The molecule has 1 rings (SSSR count). The molecule has 9 nitrogen and oxygen atoms in total. The quantitative estimate of drug-likeness (QED) is 0.297. The molecule has 0 fully saturated rings. The van der Waals surface area contributed by atoms with Gasteiger partial charge in [-0.1, -0.05) is 0 Å². The summed E-state index contributed by atoms with van der Waals surface area (Å²) in [5, 5.41) is 23.3. The highest BCUT2D eigenvalue weighted by Crippen LogP contribution is 2.32. The van der Waals surface area contributed by atoms with Crippen LogP contribution in [0.25, 0.3) is 0 Å². The van der Waals surface area contributed by atoms with Gasteiger partial charge in [0, 0.05) is 6.08 Å². The van der Waals surface area contributed by atoms with Gasteiger partial charge in [-0.05, 0) is 0 Å². The number of alkyl halides is 6. The van der Waals surface area contributed by atoms with Crippen LogP contribution in [0.5, 0.6) is 0 Å². The molecule has 17 heteroatoms. The van der Waals surface area contributed by atoms with Crippen molar-refractivity contribution in [3.05, 3.63) is 23.2 Å². The Morgan fingerprint density at radius 1 is 0.885 bits per heavy atom. The summed E-state index contributed by atoms with van der Waals surface area (Å²) >= 11 is 0. The lowest BCUT2D eigenvalue weighted by Gasteiger charge is -2.20. The Morgan fingerprint density at radius 2 is 1.31 bits per heavy atom. The molecule has 26 heavy (non-hydrogen) atoms. The zero-order chi connectivity index (χ0) is 20.7. The maximum atomic E-state index is 12.3. The van der Waals surface area contributed by atoms with Gasteiger partial charge in [-0.2, -0.15) is 48.4 Å². The van der Waals surface area contributed by atoms with E-state index >= 15 is 0 Å². The van der Waals surface area contributed by atoms with E-state index in [1.165, 1.54) is 0 Å². The van der Waals surface area contributed by atoms with Crippen molar-refractivity contribution in [2.24, 2.45) is 0 Å². The maximum Gasteiger partial charge on any atom is 0.534 e. The van der Waals surface area contributed by atoms with E-state index in [4.69, 9.17) is 16.1 Å². The number of halogens is 6. The standard InChI is InChI=1S/C9H3F6N3O6S2/c10-8(11,12)25(19,20)23-4-1-3(2-16)7(6(18)5(4)17)24-26(21,22)9(13,14)15/h1,17-18H. The number of nitrogens with zero attached hydrogens (tertiary/aromatic N) is 1. The summed E-state index contributed by atoms with van der Waals surface area (Å²) in [5.41, 5.74) is -16.5. The molecule has 0 aromatic carbocycles. The van der Waals surface area contributed by atoms with Crippen LogP contribution in [0.1, 0.15) is 0 Å². The molecule has 0 unspecified atom stereocenters. The lowest BCUT2D eigenvalue weighted by Crippen LogP contribution is -2.33. The van der Waals surface area contributed by atoms with Crippen LogP contribution in [0.15, 0.2) is 23.2 Å². The molecule has 144 valence electrons. The third-order valence-corrected chi connectivity index (χ3v) is 4.24.